The van der Waals surface area contributed by atoms with Crippen LogP contribution in [0.15, 0.2) is 0 Å². The van der Waals surface area contributed by atoms with Gasteiger partial charge >= 0.3 is 0 Å². The van der Waals surface area contributed by atoms with Gasteiger partial charge < -0.3 is 44.5 Å². The van der Waals surface area contributed by atoms with Crippen molar-refractivity contribution < 1.29 is 44.5 Å². The van der Waals surface area contributed by atoms with Crippen LogP contribution >= 0.6 is 0 Å². The minimum absolute atomic E-state index is 0.0588. The number of aliphatic hydroxyl groups excluding tert-OH is 4. The molecular formula is C35H56O9. The topological polar surface area (TPSA) is 146 Å². The van der Waals surface area contributed by atoms with Crippen LogP contribution in [-0.4, -0.2) is 92.5 Å². The van der Waals surface area contributed by atoms with E-state index in [0.29, 0.717) is 17.8 Å². The quantitative estimate of drug-likeness (QED) is 0.271. The minimum atomic E-state index is -1.64. The maximum atomic E-state index is 12.6. The standard InChI is InChI=1S/C35H56O9/c1-18-14-21-27(30(4,5)41)44-35(43-21)26(18)31(6)12-13-34-17-33(34)11-10-24(42-16-20(38)25(39)19(37)15-36)29(2,3)22(33)8-9-23(34)32(31,7)28(35)40/h15,18-28,37-41H,8-14,16-17H2,1-7H3. The maximum Gasteiger partial charge on any atom is 0.199 e. The molecule has 0 radical (unpaired) electrons. The Morgan fingerprint density at radius 1 is 0.977 bits per heavy atom. The largest absolute Gasteiger partial charge is 0.388 e. The molecule has 3 spiro atoms. The normalized spacial score (nSPS) is 55.5. The Balaban J connectivity index is 1.16. The molecule has 44 heavy (non-hydrogen) atoms. The summed E-state index contributed by atoms with van der Waals surface area (Å²) in [5.41, 5.74) is -1.44. The molecule has 7 aliphatic rings. The highest BCUT2D eigenvalue weighted by Crippen LogP contribution is 2.90. The van der Waals surface area contributed by atoms with E-state index in [0.717, 1.165) is 44.9 Å². The number of fused-ring (bicyclic) bond motifs is 4. The first-order valence-electron chi connectivity index (χ1n) is 17.2. The van der Waals surface area contributed by atoms with Gasteiger partial charge in [0.25, 0.3) is 0 Å². The second-order valence-corrected chi connectivity index (χ2v) is 17.9. The summed E-state index contributed by atoms with van der Waals surface area (Å²) in [5, 5.41) is 53.8. The fourth-order valence-electron chi connectivity index (χ4n) is 13.6. The number of carbonyl (C=O) groups is 1. The number of aliphatic hydroxyl groups is 5. The van der Waals surface area contributed by atoms with E-state index in [4.69, 9.17) is 14.2 Å². The molecule has 5 saturated carbocycles. The van der Waals surface area contributed by atoms with Gasteiger partial charge in [-0.15, -0.1) is 0 Å². The average molecular weight is 621 g/mol. The van der Waals surface area contributed by atoms with Crippen molar-refractivity contribution >= 4 is 6.29 Å². The van der Waals surface area contributed by atoms with Crippen molar-refractivity contribution in [3.05, 3.63) is 0 Å². The Kier molecular flexibility index (Phi) is 6.89. The molecule has 2 saturated heterocycles. The van der Waals surface area contributed by atoms with Gasteiger partial charge in [-0.3, -0.25) is 0 Å². The molecule has 2 bridgehead atoms. The van der Waals surface area contributed by atoms with Gasteiger partial charge in [0.15, 0.2) is 12.1 Å². The fourth-order valence-corrected chi connectivity index (χ4v) is 13.6. The number of ether oxygens (including phenoxy) is 3. The van der Waals surface area contributed by atoms with Crippen molar-refractivity contribution in [1.29, 1.82) is 0 Å². The molecule has 0 aromatic carbocycles. The second kappa shape index (κ2) is 9.49. The third-order valence-corrected chi connectivity index (χ3v) is 15.5. The lowest BCUT2D eigenvalue weighted by Crippen LogP contribution is -2.60. The van der Waals surface area contributed by atoms with Crippen LogP contribution in [0.25, 0.3) is 0 Å². The molecule has 16 unspecified atom stereocenters. The van der Waals surface area contributed by atoms with Gasteiger partial charge in [0.1, 0.15) is 30.5 Å². The summed E-state index contributed by atoms with van der Waals surface area (Å²) in [6.07, 6.45) is 2.20. The molecule has 2 heterocycles. The van der Waals surface area contributed by atoms with E-state index < -0.39 is 41.9 Å². The van der Waals surface area contributed by atoms with Gasteiger partial charge in [0.05, 0.1) is 24.4 Å². The zero-order valence-electron chi connectivity index (χ0n) is 27.7. The minimum Gasteiger partial charge on any atom is -0.388 e. The van der Waals surface area contributed by atoms with Crippen molar-refractivity contribution in [3.8, 4) is 0 Å². The first-order chi connectivity index (χ1) is 20.4. The predicted molar refractivity (Wildman–Crippen MR) is 160 cm³/mol. The van der Waals surface area contributed by atoms with Crippen LogP contribution in [0, 0.1) is 50.7 Å². The van der Waals surface area contributed by atoms with Crippen LogP contribution in [0.1, 0.15) is 99.8 Å². The lowest BCUT2D eigenvalue weighted by molar-refractivity contribution is -0.282. The zero-order chi connectivity index (χ0) is 32.0. The molecule has 5 aliphatic carbocycles. The van der Waals surface area contributed by atoms with Crippen molar-refractivity contribution in [2.75, 3.05) is 6.61 Å². The van der Waals surface area contributed by atoms with Crippen LogP contribution in [0.2, 0.25) is 0 Å². The van der Waals surface area contributed by atoms with Crippen LogP contribution in [0.3, 0.4) is 0 Å². The summed E-state index contributed by atoms with van der Waals surface area (Å²) < 4.78 is 19.9. The molecular weight excluding hydrogens is 564 g/mol. The number of aldehydes is 1. The monoisotopic (exact) mass is 620 g/mol. The predicted octanol–water partition coefficient (Wildman–Crippen LogP) is 2.96. The summed E-state index contributed by atoms with van der Waals surface area (Å²) >= 11 is 0. The van der Waals surface area contributed by atoms with Gasteiger partial charge in [-0.2, -0.15) is 0 Å². The van der Waals surface area contributed by atoms with E-state index in [-0.39, 0.29) is 58.1 Å². The van der Waals surface area contributed by atoms with Crippen molar-refractivity contribution in [3.63, 3.8) is 0 Å². The van der Waals surface area contributed by atoms with Crippen LogP contribution in [0.5, 0.6) is 0 Å². The summed E-state index contributed by atoms with van der Waals surface area (Å²) in [6, 6.07) is 0. The second-order valence-electron chi connectivity index (χ2n) is 17.9. The molecule has 0 amide bonds. The molecule has 2 aliphatic heterocycles. The molecule has 9 heteroatoms. The summed E-state index contributed by atoms with van der Waals surface area (Å²) in [6.45, 7) is 15.1. The SMILES string of the molecule is CC1CC2OC3(OC2C(C)(C)O)C1C1(C)CCC24CC25CCC(OCC(O)C(O)C(O)C=O)C(C)(C)C5CCC4C1(C)C3O. The average Bonchev–Trinajstić information content (AvgIpc) is 3.46. The maximum absolute atomic E-state index is 12.6. The molecule has 7 fully saturated rings. The Morgan fingerprint density at radius 2 is 1.64 bits per heavy atom. The van der Waals surface area contributed by atoms with E-state index >= 15 is 0 Å². The third-order valence-electron chi connectivity index (χ3n) is 15.5. The molecule has 5 N–H and O–H groups in total. The van der Waals surface area contributed by atoms with Crippen molar-refractivity contribution in [2.45, 2.75) is 154 Å². The zero-order valence-corrected chi connectivity index (χ0v) is 27.7. The Morgan fingerprint density at radius 3 is 2.30 bits per heavy atom. The number of hydrogen-bond donors (Lipinski definition) is 5. The summed E-state index contributed by atoms with van der Waals surface area (Å²) in [7, 11) is 0. The van der Waals surface area contributed by atoms with Gasteiger partial charge in [-0.05, 0) is 105 Å². The molecule has 0 aromatic rings. The van der Waals surface area contributed by atoms with E-state index in [9.17, 15) is 30.3 Å². The highest BCUT2D eigenvalue weighted by atomic mass is 16.8. The number of carbonyl (C=O) groups excluding carboxylic acids is 1. The van der Waals surface area contributed by atoms with E-state index in [2.05, 4.69) is 34.6 Å². The smallest absolute Gasteiger partial charge is 0.199 e. The highest BCUT2D eigenvalue weighted by Gasteiger charge is 2.88. The molecule has 250 valence electrons. The Labute approximate surface area is 262 Å². The number of hydrogen-bond acceptors (Lipinski definition) is 9. The lowest BCUT2D eigenvalue weighted by atomic mass is 9.41. The Bertz CT molecular complexity index is 1190. The van der Waals surface area contributed by atoms with E-state index in [1.54, 1.807) is 13.8 Å². The fraction of sp³-hybridized carbons (Fsp3) is 0.971. The van der Waals surface area contributed by atoms with Gasteiger partial charge in [-0.1, -0.05) is 34.6 Å². The van der Waals surface area contributed by atoms with Gasteiger partial charge in [-0.25, -0.2) is 0 Å². The van der Waals surface area contributed by atoms with Crippen LogP contribution < -0.4 is 0 Å². The number of rotatable bonds is 7. The molecule has 7 rings (SSSR count). The lowest BCUT2D eigenvalue weighted by Gasteiger charge is -2.63. The van der Waals surface area contributed by atoms with E-state index in [1.807, 2.05) is 0 Å². The Hall–Kier alpha value is -0.650. The van der Waals surface area contributed by atoms with E-state index in [1.165, 1.54) is 6.42 Å². The van der Waals surface area contributed by atoms with Crippen molar-refractivity contribution in [2.24, 2.45) is 50.7 Å². The molecule has 0 aromatic heterocycles. The highest BCUT2D eigenvalue weighted by molar-refractivity contribution is 5.56. The van der Waals surface area contributed by atoms with Crippen LogP contribution in [-0.2, 0) is 19.0 Å². The molecule has 9 nitrogen and oxygen atoms in total. The van der Waals surface area contributed by atoms with Crippen molar-refractivity contribution in [1.82, 2.24) is 0 Å². The summed E-state index contributed by atoms with van der Waals surface area (Å²) in [4.78, 5) is 10.9. The van der Waals surface area contributed by atoms with Crippen LogP contribution in [0.4, 0.5) is 0 Å². The first-order valence-corrected chi connectivity index (χ1v) is 17.2. The third kappa shape index (κ3) is 3.62. The van der Waals surface area contributed by atoms with Gasteiger partial charge in [0.2, 0.25) is 0 Å². The first kappa shape index (κ1) is 31.9. The molecule has 16 atom stereocenters. The summed E-state index contributed by atoms with van der Waals surface area (Å²) in [5.74, 6) is 0.0577. The van der Waals surface area contributed by atoms with Gasteiger partial charge in [0, 0.05) is 11.3 Å².